The summed E-state index contributed by atoms with van der Waals surface area (Å²) in [6.45, 7) is 6.23. The molecule has 0 aliphatic rings. The number of furan rings is 1. The van der Waals surface area contributed by atoms with E-state index in [1.807, 2.05) is 0 Å². The molecule has 2 heteroatoms. The summed E-state index contributed by atoms with van der Waals surface area (Å²) < 4.78 is 4.97. The van der Waals surface area contributed by atoms with Crippen molar-refractivity contribution >= 4 is 6.29 Å². The minimum absolute atomic E-state index is 0. The first-order valence-corrected chi connectivity index (χ1v) is 3.58. The summed E-state index contributed by atoms with van der Waals surface area (Å²) in [6.07, 6.45) is 2.35. The fourth-order valence-corrected chi connectivity index (χ4v) is 0.808. The number of hydrogen-bond donors (Lipinski definition) is 0. The molecule has 0 unspecified atom stereocenters. The van der Waals surface area contributed by atoms with Crippen LogP contribution in [0, 0.1) is 0 Å². The lowest BCUT2D eigenvalue weighted by Crippen LogP contribution is -2.08. The molecule has 0 saturated carbocycles. The van der Waals surface area contributed by atoms with Gasteiger partial charge in [0.15, 0.2) is 12.0 Å². The van der Waals surface area contributed by atoms with E-state index in [-0.39, 0.29) is 12.8 Å². The second kappa shape index (κ2) is 3.57. The van der Waals surface area contributed by atoms with Crippen molar-refractivity contribution in [2.24, 2.45) is 0 Å². The van der Waals surface area contributed by atoms with Crippen molar-refractivity contribution < 1.29 is 9.21 Å². The van der Waals surface area contributed by atoms with E-state index >= 15 is 0 Å². The summed E-state index contributed by atoms with van der Waals surface area (Å²) in [5.41, 5.74) is 1.12. The molecule has 2 nitrogen and oxygen atoms in total. The van der Waals surface area contributed by atoms with Crippen molar-refractivity contribution in [2.45, 2.75) is 33.6 Å². The highest BCUT2D eigenvalue weighted by atomic mass is 16.3. The fraction of sp³-hybridized carbons (Fsp3) is 0.500. The maximum Gasteiger partial charge on any atom is 0.185 e. The van der Waals surface area contributed by atoms with Gasteiger partial charge in [0.05, 0.1) is 6.26 Å². The van der Waals surface area contributed by atoms with E-state index in [4.69, 9.17) is 4.42 Å². The Balaban J connectivity index is 0.00000121. The molecule has 0 spiro atoms. The average molecular weight is 168 g/mol. The topological polar surface area (TPSA) is 30.2 Å². The van der Waals surface area contributed by atoms with E-state index in [1.165, 1.54) is 0 Å². The monoisotopic (exact) mass is 168 g/mol. The first-order valence-electron chi connectivity index (χ1n) is 3.58. The van der Waals surface area contributed by atoms with Crippen molar-refractivity contribution in [1.82, 2.24) is 0 Å². The number of aldehydes is 1. The normalized spacial score (nSPS) is 10.6. The van der Waals surface area contributed by atoms with Crippen molar-refractivity contribution in [3.63, 3.8) is 0 Å². The first kappa shape index (κ1) is 11.0. The van der Waals surface area contributed by atoms with Gasteiger partial charge < -0.3 is 4.42 Å². The van der Waals surface area contributed by atoms with Gasteiger partial charge in [-0.15, -0.1) is 0 Å². The molecule has 0 amide bonds. The van der Waals surface area contributed by atoms with E-state index in [0.29, 0.717) is 5.76 Å². The van der Waals surface area contributed by atoms with Crippen LogP contribution >= 0.6 is 0 Å². The van der Waals surface area contributed by atoms with Gasteiger partial charge in [-0.1, -0.05) is 28.2 Å². The summed E-state index contributed by atoms with van der Waals surface area (Å²) in [5.74, 6) is 0.398. The van der Waals surface area contributed by atoms with Crippen LogP contribution in [-0.4, -0.2) is 6.29 Å². The van der Waals surface area contributed by atoms with Crippen LogP contribution in [0.4, 0.5) is 0 Å². The highest BCUT2D eigenvalue weighted by molar-refractivity contribution is 5.70. The molecule has 0 fully saturated rings. The predicted molar refractivity (Wildman–Crippen MR) is 49.5 cm³/mol. The molecule has 0 atom stereocenters. The molecule has 12 heavy (non-hydrogen) atoms. The molecule has 1 aromatic heterocycles. The molecular weight excluding hydrogens is 152 g/mol. The molecule has 0 saturated heterocycles. The Labute approximate surface area is 73.6 Å². The number of hydrogen-bond acceptors (Lipinski definition) is 2. The number of carbonyl (C=O) groups is 1. The lowest BCUT2D eigenvalue weighted by molar-refractivity contribution is 0.110. The van der Waals surface area contributed by atoms with Gasteiger partial charge in [0.1, 0.15) is 0 Å². The van der Waals surface area contributed by atoms with Gasteiger partial charge in [0.25, 0.3) is 0 Å². The third-order valence-corrected chi connectivity index (χ3v) is 1.60. The van der Waals surface area contributed by atoms with Crippen LogP contribution in [0.5, 0.6) is 0 Å². The Morgan fingerprint density at radius 3 is 2.25 bits per heavy atom. The van der Waals surface area contributed by atoms with Crippen LogP contribution in [0.3, 0.4) is 0 Å². The Kier molecular flexibility index (Phi) is 3.25. The summed E-state index contributed by atoms with van der Waals surface area (Å²) >= 11 is 0. The minimum Gasteiger partial charge on any atom is -0.461 e. The SMILES string of the molecule is C.CC(C)(C)c1coc(C=O)c1. The van der Waals surface area contributed by atoms with Crippen molar-refractivity contribution in [2.75, 3.05) is 0 Å². The van der Waals surface area contributed by atoms with Gasteiger partial charge in [-0.05, 0) is 17.0 Å². The average Bonchev–Trinajstić information content (AvgIpc) is 2.32. The standard InChI is InChI=1S/C9H12O2.CH4/c1-9(2,3)7-4-8(5-10)11-6-7;/h4-6H,1-3H3;1H4. The van der Waals surface area contributed by atoms with Crippen LogP contribution in [0.2, 0.25) is 0 Å². The van der Waals surface area contributed by atoms with Crippen LogP contribution in [0.1, 0.15) is 44.3 Å². The highest BCUT2D eigenvalue weighted by Crippen LogP contribution is 2.23. The maximum atomic E-state index is 10.3. The predicted octanol–water partition coefficient (Wildman–Crippen LogP) is 3.03. The molecule has 0 aliphatic carbocycles. The van der Waals surface area contributed by atoms with Crippen LogP contribution in [-0.2, 0) is 5.41 Å². The summed E-state index contributed by atoms with van der Waals surface area (Å²) in [5, 5.41) is 0. The molecule has 1 rings (SSSR count). The Bertz CT molecular complexity index is 253. The van der Waals surface area contributed by atoms with Crippen LogP contribution in [0.25, 0.3) is 0 Å². The van der Waals surface area contributed by atoms with E-state index in [9.17, 15) is 4.79 Å². The second-order valence-electron chi connectivity index (χ2n) is 3.61. The molecule has 1 heterocycles. The van der Waals surface area contributed by atoms with E-state index < -0.39 is 0 Å². The van der Waals surface area contributed by atoms with Gasteiger partial charge in [-0.25, -0.2) is 0 Å². The molecule has 0 bridgehead atoms. The first-order chi connectivity index (χ1) is 5.04. The third kappa shape index (κ3) is 2.22. The molecular formula is C10H16O2. The quantitative estimate of drug-likeness (QED) is 0.603. The van der Waals surface area contributed by atoms with Crippen molar-refractivity contribution in [1.29, 1.82) is 0 Å². The second-order valence-corrected chi connectivity index (χ2v) is 3.61. The fourth-order valence-electron chi connectivity index (χ4n) is 0.808. The van der Waals surface area contributed by atoms with E-state index in [2.05, 4.69) is 20.8 Å². The van der Waals surface area contributed by atoms with Gasteiger partial charge in [0, 0.05) is 0 Å². The largest absolute Gasteiger partial charge is 0.461 e. The number of carbonyl (C=O) groups excluding carboxylic acids is 1. The van der Waals surface area contributed by atoms with Crippen molar-refractivity contribution in [3.05, 3.63) is 23.7 Å². The lowest BCUT2D eigenvalue weighted by atomic mass is 9.89. The number of rotatable bonds is 1. The van der Waals surface area contributed by atoms with Crippen molar-refractivity contribution in [3.8, 4) is 0 Å². The van der Waals surface area contributed by atoms with Gasteiger partial charge in [-0.2, -0.15) is 0 Å². The summed E-state index contributed by atoms with van der Waals surface area (Å²) in [7, 11) is 0. The summed E-state index contributed by atoms with van der Waals surface area (Å²) in [4.78, 5) is 10.3. The van der Waals surface area contributed by atoms with Gasteiger partial charge >= 0.3 is 0 Å². The van der Waals surface area contributed by atoms with Crippen LogP contribution < -0.4 is 0 Å². The minimum atomic E-state index is 0. The molecule has 0 radical (unpaired) electrons. The zero-order chi connectivity index (χ0) is 8.48. The molecule has 0 aromatic carbocycles. The van der Waals surface area contributed by atoms with E-state index in [0.717, 1.165) is 11.8 Å². The molecule has 0 aliphatic heterocycles. The molecule has 1 aromatic rings. The summed E-state index contributed by atoms with van der Waals surface area (Å²) in [6, 6.07) is 1.77. The Morgan fingerprint density at radius 2 is 2.00 bits per heavy atom. The molecule has 0 N–H and O–H groups in total. The maximum absolute atomic E-state index is 10.3. The van der Waals surface area contributed by atoms with Crippen LogP contribution in [0.15, 0.2) is 16.7 Å². The Morgan fingerprint density at radius 1 is 1.42 bits per heavy atom. The Hall–Kier alpha value is -1.05. The lowest BCUT2D eigenvalue weighted by Gasteiger charge is -2.14. The molecule has 68 valence electrons. The zero-order valence-electron chi connectivity index (χ0n) is 7.05. The highest BCUT2D eigenvalue weighted by Gasteiger charge is 2.15. The third-order valence-electron chi connectivity index (χ3n) is 1.60. The van der Waals surface area contributed by atoms with E-state index in [1.54, 1.807) is 12.3 Å². The smallest absolute Gasteiger partial charge is 0.185 e. The van der Waals surface area contributed by atoms with Gasteiger partial charge in [0.2, 0.25) is 0 Å². The zero-order valence-corrected chi connectivity index (χ0v) is 7.05. The van der Waals surface area contributed by atoms with Gasteiger partial charge in [-0.3, -0.25) is 4.79 Å².